The van der Waals surface area contributed by atoms with Crippen molar-refractivity contribution >= 4 is 16.9 Å². The fraction of sp³-hybridized carbons (Fsp3) is 0.364. The molecule has 3 heteroatoms. The topological polar surface area (TPSA) is 38.9 Å². The summed E-state index contributed by atoms with van der Waals surface area (Å²) in [6, 6.07) is 0. The largest absolute Gasteiger partial charge is 0.330 e. The van der Waals surface area contributed by atoms with Crippen LogP contribution in [0.25, 0.3) is 5.57 Å². The van der Waals surface area contributed by atoms with E-state index >= 15 is 0 Å². The SMILES string of the molecule is Cc1ncsc1C1=CC[C@@H](CN)C=C1. The number of hydrogen-bond donors (Lipinski definition) is 1. The van der Waals surface area contributed by atoms with E-state index in [1.807, 2.05) is 5.51 Å². The summed E-state index contributed by atoms with van der Waals surface area (Å²) in [5.74, 6) is 0.520. The molecule has 1 aliphatic carbocycles. The molecule has 2 rings (SSSR count). The van der Waals surface area contributed by atoms with Gasteiger partial charge < -0.3 is 5.73 Å². The third-order valence-electron chi connectivity index (χ3n) is 2.50. The van der Waals surface area contributed by atoms with Crippen molar-refractivity contribution in [2.45, 2.75) is 13.3 Å². The lowest BCUT2D eigenvalue weighted by Gasteiger charge is -2.13. The highest BCUT2D eigenvalue weighted by Crippen LogP contribution is 2.28. The first-order valence-corrected chi connectivity index (χ1v) is 5.68. The highest BCUT2D eigenvalue weighted by Gasteiger charge is 2.10. The van der Waals surface area contributed by atoms with Crippen LogP contribution < -0.4 is 5.73 Å². The van der Waals surface area contributed by atoms with E-state index in [9.17, 15) is 0 Å². The third-order valence-corrected chi connectivity index (χ3v) is 3.48. The van der Waals surface area contributed by atoms with Crippen LogP contribution in [0.3, 0.4) is 0 Å². The average Bonchev–Trinajstić information content (AvgIpc) is 2.65. The summed E-state index contributed by atoms with van der Waals surface area (Å²) in [4.78, 5) is 5.54. The maximum absolute atomic E-state index is 5.61. The molecule has 1 atom stereocenters. The highest BCUT2D eigenvalue weighted by atomic mass is 32.1. The quantitative estimate of drug-likeness (QED) is 0.806. The molecule has 0 radical (unpaired) electrons. The van der Waals surface area contributed by atoms with Crippen LogP contribution in [0.2, 0.25) is 0 Å². The molecule has 14 heavy (non-hydrogen) atoms. The van der Waals surface area contributed by atoms with Gasteiger partial charge in [0.05, 0.1) is 16.1 Å². The lowest BCUT2D eigenvalue weighted by molar-refractivity contribution is 0.671. The fourth-order valence-electron chi connectivity index (χ4n) is 1.59. The molecule has 1 heterocycles. The second-order valence-electron chi connectivity index (χ2n) is 3.52. The molecule has 1 aliphatic rings. The molecule has 0 saturated heterocycles. The van der Waals surface area contributed by atoms with E-state index < -0.39 is 0 Å². The van der Waals surface area contributed by atoms with E-state index in [0.29, 0.717) is 5.92 Å². The zero-order valence-electron chi connectivity index (χ0n) is 8.23. The van der Waals surface area contributed by atoms with Crippen LogP contribution in [-0.4, -0.2) is 11.5 Å². The van der Waals surface area contributed by atoms with E-state index in [1.54, 1.807) is 11.3 Å². The van der Waals surface area contributed by atoms with Gasteiger partial charge in [0, 0.05) is 0 Å². The number of nitrogens with zero attached hydrogens (tertiary/aromatic N) is 1. The smallest absolute Gasteiger partial charge is 0.0801 e. The monoisotopic (exact) mass is 206 g/mol. The van der Waals surface area contributed by atoms with Gasteiger partial charge in [-0.15, -0.1) is 11.3 Å². The molecule has 0 bridgehead atoms. The summed E-state index contributed by atoms with van der Waals surface area (Å²) in [6.45, 7) is 2.79. The van der Waals surface area contributed by atoms with E-state index in [0.717, 1.165) is 18.7 Å². The van der Waals surface area contributed by atoms with Gasteiger partial charge in [0.25, 0.3) is 0 Å². The lowest BCUT2D eigenvalue weighted by atomic mass is 9.96. The van der Waals surface area contributed by atoms with Gasteiger partial charge in [0.1, 0.15) is 0 Å². The van der Waals surface area contributed by atoms with Crippen LogP contribution in [-0.2, 0) is 0 Å². The number of aryl methyl sites for hydroxylation is 1. The number of nitrogens with two attached hydrogens (primary N) is 1. The fourth-order valence-corrected chi connectivity index (χ4v) is 2.41. The van der Waals surface area contributed by atoms with Crippen LogP contribution in [0, 0.1) is 12.8 Å². The molecule has 0 amide bonds. The highest BCUT2D eigenvalue weighted by molar-refractivity contribution is 7.11. The molecule has 0 unspecified atom stereocenters. The van der Waals surface area contributed by atoms with Crippen molar-refractivity contribution in [3.05, 3.63) is 34.3 Å². The van der Waals surface area contributed by atoms with E-state index in [-0.39, 0.29) is 0 Å². The van der Waals surface area contributed by atoms with Gasteiger partial charge in [-0.3, -0.25) is 0 Å². The molecule has 0 fully saturated rings. The first-order valence-electron chi connectivity index (χ1n) is 4.80. The second kappa shape index (κ2) is 4.07. The maximum Gasteiger partial charge on any atom is 0.0801 e. The Morgan fingerprint density at radius 3 is 3.00 bits per heavy atom. The Hall–Kier alpha value is -0.930. The first-order chi connectivity index (χ1) is 6.81. The Labute approximate surface area is 88.2 Å². The predicted molar refractivity (Wildman–Crippen MR) is 61.1 cm³/mol. The van der Waals surface area contributed by atoms with Crippen molar-refractivity contribution in [3.8, 4) is 0 Å². The van der Waals surface area contributed by atoms with Crippen molar-refractivity contribution < 1.29 is 0 Å². The Bertz CT molecular complexity index is 376. The minimum absolute atomic E-state index is 0.520. The summed E-state index contributed by atoms with van der Waals surface area (Å²) in [7, 11) is 0. The van der Waals surface area contributed by atoms with E-state index in [4.69, 9.17) is 5.73 Å². The predicted octanol–water partition coefficient (Wildman–Crippen LogP) is 2.37. The van der Waals surface area contributed by atoms with Gasteiger partial charge in [-0.25, -0.2) is 4.98 Å². The summed E-state index contributed by atoms with van der Waals surface area (Å²) in [5.41, 5.74) is 9.93. The van der Waals surface area contributed by atoms with Crippen LogP contribution >= 0.6 is 11.3 Å². The zero-order chi connectivity index (χ0) is 9.97. The molecule has 0 aliphatic heterocycles. The van der Waals surface area contributed by atoms with Crippen LogP contribution in [0.15, 0.2) is 23.7 Å². The van der Waals surface area contributed by atoms with Gasteiger partial charge >= 0.3 is 0 Å². The molecular weight excluding hydrogens is 192 g/mol. The van der Waals surface area contributed by atoms with Crippen molar-refractivity contribution in [2.24, 2.45) is 11.7 Å². The van der Waals surface area contributed by atoms with Crippen molar-refractivity contribution in [1.29, 1.82) is 0 Å². The van der Waals surface area contributed by atoms with Crippen LogP contribution in [0.4, 0.5) is 0 Å². The van der Waals surface area contributed by atoms with Gasteiger partial charge in [-0.2, -0.15) is 0 Å². The van der Waals surface area contributed by atoms with Crippen LogP contribution in [0.1, 0.15) is 17.0 Å². The number of thiazole rings is 1. The molecule has 0 spiro atoms. The Morgan fingerprint density at radius 2 is 2.50 bits per heavy atom. The van der Waals surface area contributed by atoms with Crippen LogP contribution in [0.5, 0.6) is 0 Å². The number of aromatic nitrogens is 1. The maximum atomic E-state index is 5.61. The summed E-state index contributed by atoms with van der Waals surface area (Å²) < 4.78 is 0. The Kier molecular flexibility index (Phi) is 2.79. The van der Waals surface area contributed by atoms with Gasteiger partial charge in [-0.1, -0.05) is 18.2 Å². The Balaban J connectivity index is 2.20. The minimum Gasteiger partial charge on any atom is -0.330 e. The Morgan fingerprint density at radius 1 is 1.64 bits per heavy atom. The number of allylic oxidation sites excluding steroid dienone is 3. The lowest BCUT2D eigenvalue weighted by Crippen LogP contribution is -2.12. The second-order valence-corrected chi connectivity index (χ2v) is 4.37. The average molecular weight is 206 g/mol. The van der Waals surface area contributed by atoms with Crippen molar-refractivity contribution in [1.82, 2.24) is 4.98 Å². The molecule has 74 valence electrons. The molecule has 1 aromatic rings. The van der Waals surface area contributed by atoms with Crippen molar-refractivity contribution in [3.63, 3.8) is 0 Å². The van der Waals surface area contributed by atoms with Gasteiger partial charge in [-0.05, 0) is 31.4 Å². The summed E-state index contributed by atoms with van der Waals surface area (Å²) in [5, 5.41) is 0. The molecule has 2 N–H and O–H groups in total. The molecule has 0 saturated carbocycles. The third kappa shape index (κ3) is 1.79. The summed E-state index contributed by atoms with van der Waals surface area (Å²) >= 11 is 1.70. The minimum atomic E-state index is 0.520. The standard InChI is InChI=1S/C11H14N2S/c1-8-11(14-7-13-8)10-4-2-9(6-12)3-5-10/h2,4-5,7,9H,3,6,12H2,1H3/t9-/m0/s1. The number of hydrogen-bond acceptors (Lipinski definition) is 3. The van der Waals surface area contributed by atoms with Crippen molar-refractivity contribution in [2.75, 3.05) is 6.54 Å². The number of rotatable bonds is 2. The first kappa shape index (κ1) is 9.62. The zero-order valence-corrected chi connectivity index (χ0v) is 9.05. The summed E-state index contributed by atoms with van der Waals surface area (Å²) in [6.07, 6.45) is 7.69. The van der Waals surface area contributed by atoms with Gasteiger partial charge in [0.2, 0.25) is 0 Å². The normalized spacial score (nSPS) is 21.0. The molecular formula is C11H14N2S. The van der Waals surface area contributed by atoms with E-state index in [2.05, 4.69) is 30.1 Å². The molecule has 1 aromatic heterocycles. The van der Waals surface area contributed by atoms with Gasteiger partial charge in [0.15, 0.2) is 0 Å². The molecule has 2 nitrogen and oxygen atoms in total. The molecule has 0 aromatic carbocycles. The van der Waals surface area contributed by atoms with E-state index in [1.165, 1.54) is 10.5 Å².